The van der Waals surface area contributed by atoms with Crippen LogP contribution >= 0.6 is 46.6 Å². The van der Waals surface area contributed by atoms with Crippen LogP contribution < -0.4 is 5.32 Å². The zero-order valence-corrected chi connectivity index (χ0v) is 17.0. The minimum absolute atomic E-state index is 0.0384. The molecule has 0 aliphatic carbocycles. The zero-order valence-electron chi connectivity index (χ0n) is 13.9. The number of thioether (sulfide) groups is 1. The Kier molecular flexibility index (Phi) is 7.01. The van der Waals surface area contributed by atoms with Gasteiger partial charge >= 0.3 is 6.01 Å². The van der Waals surface area contributed by atoms with E-state index < -0.39 is 0 Å². The van der Waals surface area contributed by atoms with Gasteiger partial charge in [0.05, 0.1) is 0 Å². The van der Waals surface area contributed by atoms with E-state index in [1.54, 1.807) is 30.0 Å². The molecule has 0 saturated carbocycles. The molecule has 9 heteroatoms. The second kappa shape index (κ2) is 9.46. The molecule has 0 radical (unpaired) electrons. The molecule has 3 aromatic rings. The molecule has 140 valence electrons. The number of nitrogens with one attached hydrogen (secondary N) is 1. The summed E-state index contributed by atoms with van der Waals surface area (Å²) in [6, 6.07) is 12.5. The van der Waals surface area contributed by atoms with Crippen LogP contribution in [0.15, 0.2) is 51.8 Å². The zero-order chi connectivity index (χ0) is 19.2. The lowest BCUT2D eigenvalue weighted by Crippen LogP contribution is -2.11. The van der Waals surface area contributed by atoms with Crippen LogP contribution in [-0.2, 0) is 4.79 Å². The van der Waals surface area contributed by atoms with E-state index in [1.165, 1.54) is 0 Å². The van der Waals surface area contributed by atoms with E-state index in [0.717, 1.165) is 10.6 Å². The van der Waals surface area contributed by atoms with E-state index in [4.69, 9.17) is 39.2 Å². The molecule has 1 heterocycles. The lowest BCUT2D eigenvalue weighted by Gasteiger charge is -2.02. The average molecular weight is 443 g/mol. The van der Waals surface area contributed by atoms with E-state index in [0.29, 0.717) is 33.5 Å². The lowest BCUT2D eigenvalue weighted by atomic mass is 10.2. The Labute approximate surface area is 175 Å². The van der Waals surface area contributed by atoms with Crippen molar-refractivity contribution in [2.45, 2.75) is 17.7 Å². The highest BCUT2D eigenvalue weighted by Gasteiger charge is 2.12. The molecule has 0 aliphatic heterocycles. The van der Waals surface area contributed by atoms with E-state index in [2.05, 4.69) is 15.5 Å². The summed E-state index contributed by atoms with van der Waals surface area (Å²) in [6.07, 6.45) is 1.06. The van der Waals surface area contributed by atoms with E-state index >= 15 is 0 Å². The van der Waals surface area contributed by atoms with Gasteiger partial charge in [-0.3, -0.25) is 10.1 Å². The number of carbonyl (C=O) groups excluding carboxylic acids is 1. The number of halogens is 3. The third-order valence-corrected chi connectivity index (χ3v) is 5.20. The monoisotopic (exact) mass is 441 g/mol. The van der Waals surface area contributed by atoms with Crippen molar-refractivity contribution < 1.29 is 9.21 Å². The Balaban J connectivity index is 1.47. The largest absolute Gasteiger partial charge is 0.403 e. The van der Waals surface area contributed by atoms with Crippen molar-refractivity contribution in [3.63, 3.8) is 0 Å². The van der Waals surface area contributed by atoms with Gasteiger partial charge in [-0.15, -0.1) is 16.9 Å². The number of carbonyl (C=O) groups is 1. The van der Waals surface area contributed by atoms with Crippen LogP contribution in [0.3, 0.4) is 0 Å². The van der Waals surface area contributed by atoms with Crippen LogP contribution in [0.2, 0.25) is 15.1 Å². The first-order valence-corrected chi connectivity index (χ1v) is 10.1. The number of hydrogen-bond acceptors (Lipinski definition) is 5. The van der Waals surface area contributed by atoms with E-state index in [1.807, 2.05) is 24.3 Å². The average Bonchev–Trinajstić information content (AvgIpc) is 3.08. The van der Waals surface area contributed by atoms with Crippen molar-refractivity contribution in [1.82, 2.24) is 10.2 Å². The van der Waals surface area contributed by atoms with Crippen molar-refractivity contribution in [3.05, 3.63) is 57.5 Å². The highest BCUT2D eigenvalue weighted by atomic mass is 35.5. The molecule has 2 aromatic carbocycles. The Morgan fingerprint density at radius 1 is 1.00 bits per heavy atom. The molecule has 1 N–H and O–H groups in total. The van der Waals surface area contributed by atoms with Gasteiger partial charge in [0.2, 0.25) is 11.8 Å². The van der Waals surface area contributed by atoms with Gasteiger partial charge in [-0.1, -0.05) is 39.9 Å². The molecule has 0 spiro atoms. The van der Waals surface area contributed by atoms with Crippen molar-refractivity contribution in [2.24, 2.45) is 0 Å². The Morgan fingerprint density at radius 3 is 2.41 bits per heavy atom. The summed E-state index contributed by atoms with van der Waals surface area (Å²) >= 11 is 19.4. The molecule has 0 atom stereocenters. The predicted octanol–water partition coefficient (Wildman–Crippen LogP) is 6.21. The van der Waals surface area contributed by atoms with Crippen LogP contribution in [0.4, 0.5) is 6.01 Å². The Bertz CT molecular complexity index is 912. The van der Waals surface area contributed by atoms with E-state index in [-0.39, 0.29) is 17.8 Å². The van der Waals surface area contributed by atoms with Crippen molar-refractivity contribution in [2.75, 3.05) is 11.1 Å². The highest BCUT2D eigenvalue weighted by molar-refractivity contribution is 7.99. The van der Waals surface area contributed by atoms with Gasteiger partial charge in [-0.25, -0.2) is 0 Å². The summed E-state index contributed by atoms with van der Waals surface area (Å²) in [5.41, 5.74) is 0.583. The fourth-order valence-corrected chi connectivity index (χ4v) is 3.71. The molecule has 1 amide bonds. The summed E-state index contributed by atoms with van der Waals surface area (Å²) in [5, 5.41) is 11.9. The molecule has 0 fully saturated rings. The maximum atomic E-state index is 12.0. The van der Waals surface area contributed by atoms with Crippen LogP contribution in [0.1, 0.15) is 12.8 Å². The maximum absolute atomic E-state index is 12.0. The van der Waals surface area contributed by atoms with Gasteiger partial charge in [0.1, 0.15) is 0 Å². The summed E-state index contributed by atoms with van der Waals surface area (Å²) < 4.78 is 5.45. The second-order valence-corrected chi connectivity index (χ2v) is 8.00. The molecule has 0 bridgehead atoms. The number of hydrogen-bond donors (Lipinski definition) is 1. The second-order valence-electron chi connectivity index (χ2n) is 5.52. The quantitative estimate of drug-likeness (QED) is 0.348. The third kappa shape index (κ3) is 6.14. The molecular weight excluding hydrogens is 429 g/mol. The van der Waals surface area contributed by atoms with Gasteiger partial charge in [0.25, 0.3) is 0 Å². The number of aromatic nitrogens is 2. The molecule has 0 aliphatic rings. The predicted molar refractivity (Wildman–Crippen MR) is 110 cm³/mol. The Hall–Kier alpha value is -1.73. The topological polar surface area (TPSA) is 68.0 Å². The summed E-state index contributed by atoms with van der Waals surface area (Å²) in [6.45, 7) is 0. The van der Waals surface area contributed by atoms with Crippen LogP contribution in [0.5, 0.6) is 0 Å². The smallest absolute Gasteiger partial charge is 0.322 e. The molecule has 3 rings (SSSR count). The normalized spacial score (nSPS) is 10.8. The fraction of sp³-hybridized carbons (Fsp3) is 0.167. The Morgan fingerprint density at radius 2 is 1.70 bits per heavy atom. The third-order valence-electron chi connectivity index (χ3n) is 3.41. The van der Waals surface area contributed by atoms with Gasteiger partial charge < -0.3 is 4.42 Å². The minimum Gasteiger partial charge on any atom is -0.403 e. The number of nitrogens with zero attached hydrogens (tertiary/aromatic N) is 2. The van der Waals surface area contributed by atoms with Gasteiger partial charge in [-0.05, 0) is 54.6 Å². The maximum Gasteiger partial charge on any atom is 0.322 e. The van der Waals surface area contributed by atoms with Crippen LogP contribution in [-0.4, -0.2) is 21.9 Å². The summed E-state index contributed by atoms with van der Waals surface area (Å²) in [4.78, 5) is 13.1. The van der Waals surface area contributed by atoms with Crippen LogP contribution in [0, 0.1) is 0 Å². The van der Waals surface area contributed by atoms with E-state index in [9.17, 15) is 4.79 Å². The first kappa shape index (κ1) is 20.0. The standard InChI is InChI=1S/C18H14Cl3N3O2S/c19-12-3-5-15(6-4-12)27-7-1-2-16(25)22-18-24-23-17(26-18)11-8-13(20)10-14(21)9-11/h3-6,8-10H,1-2,7H2,(H,22,24,25). The van der Waals surface area contributed by atoms with Gasteiger partial charge in [0.15, 0.2) is 0 Å². The van der Waals surface area contributed by atoms with Crippen molar-refractivity contribution >= 4 is 58.5 Å². The first-order chi connectivity index (χ1) is 13.0. The van der Waals surface area contributed by atoms with Crippen molar-refractivity contribution in [1.29, 1.82) is 0 Å². The lowest BCUT2D eigenvalue weighted by molar-refractivity contribution is -0.116. The van der Waals surface area contributed by atoms with Gasteiger partial charge in [0, 0.05) is 31.9 Å². The number of benzene rings is 2. The molecular formula is C18H14Cl3N3O2S. The molecule has 0 saturated heterocycles. The molecule has 27 heavy (non-hydrogen) atoms. The highest BCUT2D eigenvalue weighted by Crippen LogP contribution is 2.27. The molecule has 5 nitrogen and oxygen atoms in total. The number of anilines is 1. The SMILES string of the molecule is O=C(CCCSc1ccc(Cl)cc1)Nc1nnc(-c2cc(Cl)cc(Cl)c2)o1. The first-order valence-electron chi connectivity index (χ1n) is 7.98. The van der Waals surface area contributed by atoms with Crippen LogP contribution in [0.25, 0.3) is 11.5 Å². The summed E-state index contributed by atoms with van der Waals surface area (Å²) in [7, 11) is 0. The number of amides is 1. The minimum atomic E-state index is -0.189. The molecule has 0 unspecified atom stereocenters. The van der Waals surface area contributed by atoms with Gasteiger partial charge in [-0.2, -0.15) is 0 Å². The number of rotatable bonds is 7. The molecule has 1 aromatic heterocycles. The van der Waals surface area contributed by atoms with Crippen molar-refractivity contribution in [3.8, 4) is 11.5 Å². The summed E-state index contributed by atoms with van der Waals surface area (Å²) in [5.74, 6) is 0.851. The fourth-order valence-electron chi connectivity index (χ4n) is 2.20.